The third kappa shape index (κ3) is 33.2. The number of nitrogens with one attached hydrogen (secondary N) is 1. The van der Waals surface area contributed by atoms with Gasteiger partial charge in [-0.05, 0) is 25.5 Å². The van der Waals surface area contributed by atoms with Crippen molar-refractivity contribution in [1.82, 2.24) is 5.32 Å². The molecule has 0 aromatic carbocycles. The largest absolute Gasteiger partial charge is 0.333 e. The van der Waals surface area contributed by atoms with Crippen LogP contribution in [-0.2, 0) is 4.79 Å². The minimum atomic E-state index is 0.192. The Kier molecular flexibility index (Phi) is 33.5. The fraction of sp³-hybridized carbons (Fsp3) is 0.917. The van der Waals surface area contributed by atoms with E-state index in [1.165, 1.54) is 180 Å². The molecule has 38 heavy (non-hydrogen) atoms. The van der Waals surface area contributed by atoms with Crippen molar-refractivity contribution >= 4 is 5.91 Å². The van der Waals surface area contributed by atoms with Gasteiger partial charge in [-0.15, -0.1) is 0 Å². The van der Waals surface area contributed by atoms with Crippen LogP contribution < -0.4 is 5.32 Å². The van der Waals surface area contributed by atoms with Crippen molar-refractivity contribution in [1.29, 1.82) is 0 Å². The van der Waals surface area contributed by atoms with Gasteiger partial charge in [-0.2, -0.15) is 0 Å². The molecule has 0 heterocycles. The van der Waals surface area contributed by atoms with Gasteiger partial charge in [-0.25, -0.2) is 0 Å². The first-order valence-corrected chi connectivity index (χ1v) is 17.8. The number of amides is 1. The second kappa shape index (κ2) is 34.2. The number of carbonyl (C=O) groups is 1. The second-order valence-corrected chi connectivity index (χ2v) is 12.1. The number of hydrogen-bond donors (Lipinski definition) is 1. The molecule has 0 aliphatic rings. The van der Waals surface area contributed by atoms with E-state index in [-0.39, 0.29) is 5.91 Å². The Hall–Kier alpha value is -0.790. The van der Waals surface area contributed by atoms with Crippen LogP contribution in [-0.4, -0.2) is 5.91 Å². The average molecular weight is 534 g/mol. The van der Waals surface area contributed by atoms with Gasteiger partial charge >= 0.3 is 0 Å². The van der Waals surface area contributed by atoms with Crippen LogP contribution in [0.4, 0.5) is 0 Å². The van der Waals surface area contributed by atoms with Gasteiger partial charge in [0.15, 0.2) is 0 Å². The van der Waals surface area contributed by atoms with Crippen molar-refractivity contribution in [2.75, 3.05) is 0 Å². The number of rotatable bonds is 32. The van der Waals surface area contributed by atoms with Gasteiger partial charge in [0.25, 0.3) is 0 Å². The molecule has 0 saturated heterocycles. The van der Waals surface area contributed by atoms with Crippen LogP contribution >= 0.6 is 0 Å². The van der Waals surface area contributed by atoms with Crippen LogP contribution in [0.25, 0.3) is 0 Å². The molecule has 0 fully saturated rings. The number of carbonyl (C=O) groups excluding carboxylic acids is 1. The summed E-state index contributed by atoms with van der Waals surface area (Å²) in [4.78, 5) is 12.0. The molecule has 0 bridgehead atoms. The highest BCUT2D eigenvalue weighted by Crippen LogP contribution is 2.15. The fourth-order valence-electron chi connectivity index (χ4n) is 5.42. The molecule has 2 heteroatoms. The van der Waals surface area contributed by atoms with E-state index in [4.69, 9.17) is 0 Å². The smallest absolute Gasteiger partial charge is 0.223 e. The lowest BCUT2D eigenvalue weighted by Crippen LogP contribution is -2.16. The summed E-state index contributed by atoms with van der Waals surface area (Å²) in [6.45, 7) is 4.58. The lowest BCUT2D eigenvalue weighted by atomic mass is 10.0. The number of hydrogen-bond acceptors (Lipinski definition) is 1. The monoisotopic (exact) mass is 534 g/mol. The van der Waals surface area contributed by atoms with E-state index in [2.05, 4.69) is 25.2 Å². The summed E-state index contributed by atoms with van der Waals surface area (Å²) in [5, 5.41) is 2.96. The second-order valence-electron chi connectivity index (χ2n) is 12.1. The Labute approximate surface area is 241 Å². The molecule has 1 N–H and O–H groups in total. The van der Waals surface area contributed by atoms with Gasteiger partial charge in [0.2, 0.25) is 5.91 Å². The average Bonchev–Trinajstić information content (AvgIpc) is 2.92. The van der Waals surface area contributed by atoms with Gasteiger partial charge in [0.1, 0.15) is 0 Å². The van der Waals surface area contributed by atoms with Crippen molar-refractivity contribution in [2.45, 2.75) is 213 Å². The molecule has 0 atom stereocenters. The van der Waals surface area contributed by atoms with E-state index in [1.54, 1.807) is 0 Å². The molecular weight excluding hydrogens is 462 g/mol. The van der Waals surface area contributed by atoms with Crippen molar-refractivity contribution in [3.63, 3.8) is 0 Å². The first kappa shape index (κ1) is 37.2. The molecule has 0 aromatic heterocycles. The summed E-state index contributed by atoms with van der Waals surface area (Å²) in [6, 6.07) is 0. The van der Waals surface area contributed by atoms with Crippen LogP contribution in [0, 0.1) is 0 Å². The molecule has 0 rings (SSSR count). The summed E-state index contributed by atoms with van der Waals surface area (Å²) < 4.78 is 0. The molecule has 0 spiro atoms. The van der Waals surface area contributed by atoms with Gasteiger partial charge in [-0.3, -0.25) is 4.79 Å². The highest BCUT2D eigenvalue weighted by Gasteiger charge is 1.99. The summed E-state index contributed by atoms with van der Waals surface area (Å²) >= 11 is 0. The Bertz CT molecular complexity index is 472. The Morgan fingerprint density at radius 3 is 1.05 bits per heavy atom. The van der Waals surface area contributed by atoms with Crippen LogP contribution in [0.15, 0.2) is 12.3 Å². The first-order chi connectivity index (χ1) is 18.8. The van der Waals surface area contributed by atoms with E-state index in [0.717, 1.165) is 12.8 Å². The summed E-state index contributed by atoms with van der Waals surface area (Å²) in [6.07, 6.45) is 46.0. The predicted octanol–water partition coefficient (Wildman–Crippen LogP) is 12.7. The molecular formula is C36H71NO. The molecule has 0 radical (unpaired) electrons. The molecule has 0 unspecified atom stereocenters. The van der Waals surface area contributed by atoms with Crippen LogP contribution in [0.5, 0.6) is 0 Å². The fourth-order valence-corrected chi connectivity index (χ4v) is 5.42. The van der Waals surface area contributed by atoms with E-state index >= 15 is 0 Å². The van der Waals surface area contributed by atoms with Crippen molar-refractivity contribution in [2.24, 2.45) is 0 Å². The maximum absolute atomic E-state index is 12.0. The van der Waals surface area contributed by atoms with E-state index < -0.39 is 0 Å². The first-order valence-electron chi connectivity index (χ1n) is 17.8. The third-order valence-electron chi connectivity index (χ3n) is 8.09. The quantitative estimate of drug-likeness (QED) is 0.0856. The maximum Gasteiger partial charge on any atom is 0.223 e. The molecule has 2 nitrogen and oxygen atoms in total. The van der Waals surface area contributed by atoms with Gasteiger partial charge in [0, 0.05) is 6.42 Å². The van der Waals surface area contributed by atoms with E-state index in [0.29, 0.717) is 6.42 Å². The predicted molar refractivity (Wildman–Crippen MR) is 172 cm³/mol. The zero-order valence-corrected chi connectivity index (χ0v) is 26.5. The Morgan fingerprint density at radius 1 is 0.421 bits per heavy atom. The van der Waals surface area contributed by atoms with Gasteiger partial charge in [-0.1, -0.05) is 193 Å². The molecule has 226 valence electrons. The Balaban J connectivity index is 3.21. The van der Waals surface area contributed by atoms with Crippen LogP contribution in [0.1, 0.15) is 213 Å². The minimum absolute atomic E-state index is 0.192. The number of unbranched alkanes of at least 4 members (excludes halogenated alkanes) is 28. The zero-order chi connectivity index (χ0) is 27.6. The standard InChI is InChI=1S/C36H71NO/c1-3-5-7-9-11-13-15-17-19-21-23-25-27-29-31-33-35-37-36(38)34-32-30-28-26-24-22-20-18-16-14-12-10-8-6-4-2/h33,35H,3-32,34H2,1-2H3,(H,37,38). The maximum atomic E-state index is 12.0. The lowest BCUT2D eigenvalue weighted by Gasteiger charge is -2.04. The molecule has 0 aliphatic carbocycles. The van der Waals surface area contributed by atoms with E-state index in [1.807, 2.05) is 6.20 Å². The van der Waals surface area contributed by atoms with Crippen molar-refractivity contribution < 1.29 is 4.79 Å². The molecule has 0 saturated carbocycles. The summed E-state index contributed by atoms with van der Waals surface area (Å²) in [7, 11) is 0. The third-order valence-corrected chi connectivity index (χ3v) is 8.09. The zero-order valence-electron chi connectivity index (χ0n) is 26.5. The minimum Gasteiger partial charge on any atom is -0.333 e. The normalized spacial score (nSPS) is 11.5. The molecule has 0 aromatic rings. The topological polar surface area (TPSA) is 29.1 Å². The highest BCUT2D eigenvalue weighted by molar-refractivity contribution is 5.76. The van der Waals surface area contributed by atoms with Crippen molar-refractivity contribution in [3.8, 4) is 0 Å². The van der Waals surface area contributed by atoms with E-state index in [9.17, 15) is 4.79 Å². The van der Waals surface area contributed by atoms with Gasteiger partial charge < -0.3 is 5.32 Å². The summed E-state index contributed by atoms with van der Waals surface area (Å²) in [5.74, 6) is 0.192. The van der Waals surface area contributed by atoms with Crippen LogP contribution in [0.3, 0.4) is 0 Å². The summed E-state index contributed by atoms with van der Waals surface area (Å²) in [5.41, 5.74) is 0. The number of allylic oxidation sites excluding steroid dienone is 1. The Morgan fingerprint density at radius 2 is 0.711 bits per heavy atom. The van der Waals surface area contributed by atoms with Crippen molar-refractivity contribution in [3.05, 3.63) is 12.3 Å². The SMILES string of the molecule is CCCCCCCCCCCCCCCCC=CNC(=O)CCCCCCCCCCCCCCCCC. The molecule has 1 amide bonds. The lowest BCUT2D eigenvalue weighted by molar-refractivity contribution is -0.120. The highest BCUT2D eigenvalue weighted by atomic mass is 16.1. The van der Waals surface area contributed by atoms with Gasteiger partial charge in [0.05, 0.1) is 0 Å². The van der Waals surface area contributed by atoms with Crippen LogP contribution in [0.2, 0.25) is 0 Å². The molecule has 0 aliphatic heterocycles.